The van der Waals surface area contributed by atoms with Crippen LogP contribution in [0.4, 0.5) is 5.82 Å². The van der Waals surface area contributed by atoms with Crippen molar-refractivity contribution in [2.75, 3.05) is 18.0 Å². The van der Waals surface area contributed by atoms with Gasteiger partial charge in [0.1, 0.15) is 18.4 Å². The fraction of sp³-hybridized carbons (Fsp3) is 0.222. The third-order valence-corrected chi connectivity index (χ3v) is 4.51. The Bertz CT molecular complexity index is 774. The second kappa shape index (κ2) is 10.1. The topological polar surface area (TPSA) is 121 Å². The van der Waals surface area contributed by atoms with Gasteiger partial charge in [0.15, 0.2) is 0 Å². The van der Waals surface area contributed by atoms with Crippen molar-refractivity contribution in [1.29, 1.82) is 5.26 Å². The van der Waals surface area contributed by atoms with E-state index in [0.29, 0.717) is 22.9 Å². The highest BCUT2D eigenvalue weighted by Gasteiger charge is 2.21. The summed E-state index contributed by atoms with van der Waals surface area (Å²) in [5.41, 5.74) is 6.95. The molecule has 2 amide bonds. The van der Waals surface area contributed by atoms with Gasteiger partial charge in [-0.3, -0.25) is 9.59 Å². The number of nitrogens with two attached hydrogens (primary N) is 1. The van der Waals surface area contributed by atoms with Gasteiger partial charge in [0.05, 0.1) is 11.6 Å². The molecule has 0 saturated carbocycles. The van der Waals surface area contributed by atoms with Crippen molar-refractivity contribution in [3.05, 3.63) is 59.8 Å². The predicted octanol–water partition coefficient (Wildman–Crippen LogP) is 1.34. The van der Waals surface area contributed by atoms with E-state index in [0.717, 1.165) is 5.56 Å². The Balaban J connectivity index is 1.98. The molecule has 1 heterocycles. The smallest absolute Gasteiger partial charge is 0.253 e. The third kappa shape index (κ3) is 6.11. The van der Waals surface area contributed by atoms with Crippen molar-refractivity contribution in [2.45, 2.75) is 11.8 Å². The number of carbonyl (C=O) groups is 2. The summed E-state index contributed by atoms with van der Waals surface area (Å²) in [6.07, 6.45) is 1.35. The van der Waals surface area contributed by atoms with Crippen LogP contribution >= 0.6 is 11.8 Å². The minimum Gasteiger partial charge on any atom is -0.384 e. The number of amides is 2. The molecule has 0 saturated heterocycles. The maximum absolute atomic E-state index is 12.3. The maximum Gasteiger partial charge on any atom is 0.253 e. The Hall–Kier alpha value is -3.05. The van der Waals surface area contributed by atoms with Crippen LogP contribution in [0.15, 0.2) is 48.7 Å². The molecule has 1 atom stereocenters. The Morgan fingerprint density at radius 3 is 2.65 bits per heavy atom. The molecule has 1 aromatic carbocycles. The van der Waals surface area contributed by atoms with E-state index >= 15 is 0 Å². The Labute approximate surface area is 156 Å². The van der Waals surface area contributed by atoms with E-state index in [1.165, 1.54) is 24.0 Å². The van der Waals surface area contributed by atoms with Gasteiger partial charge < -0.3 is 16.4 Å². The SMILES string of the molecule is N#CCNC(=O)[C@H](CSCc1ccccc1)NC(=O)c1ccc(N)nc1. The summed E-state index contributed by atoms with van der Waals surface area (Å²) < 4.78 is 0. The zero-order chi connectivity index (χ0) is 18.8. The zero-order valence-electron chi connectivity index (χ0n) is 14.0. The van der Waals surface area contributed by atoms with Gasteiger partial charge in [-0.05, 0) is 17.7 Å². The lowest BCUT2D eigenvalue weighted by Gasteiger charge is -2.17. The summed E-state index contributed by atoms with van der Waals surface area (Å²) in [6, 6.07) is 14.0. The van der Waals surface area contributed by atoms with Crippen molar-refractivity contribution < 1.29 is 9.59 Å². The van der Waals surface area contributed by atoms with Crippen LogP contribution in [0.5, 0.6) is 0 Å². The van der Waals surface area contributed by atoms with Gasteiger partial charge in [-0.2, -0.15) is 17.0 Å². The highest BCUT2D eigenvalue weighted by atomic mass is 32.2. The van der Waals surface area contributed by atoms with E-state index in [1.807, 2.05) is 36.4 Å². The number of rotatable bonds is 8. The number of thioether (sulfide) groups is 1. The number of nitrogens with zero attached hydrogens (tertiary/aromatic N) is 2. The standard InChI is InChI=1S/C18H19N5O2S/c19-8-9-21-18(25)15(12-26-11-13-4-2-1-3-5-13)23-17(24)14-6-7-16(20)22-10-14/h1-7,10,15H,9,11-12H2,(H2,20,22)(H,21,25)(H,23,24)/t15-/m0/s1. The molecule has 1 aromatic heterocycles. The van der Waals surface area contributed by atoms with Gasteiger partial charge in [-0.25, -0.2) is 4.98 Å². The lowest BCUT2D eigenvalue weighted by molar-refractivity contribution is -0.122. The largest absolute Gasteiger partial charge is 0.384 e. The average Bonchev–Trinajstić information content (AvgIpc) is 2.66. The molecule has 0 radical (unpaired) electrons. The fourth-order valence-corrected chi connectivity index (χ4v) is 3.10. The summed E-state index contributed by atoms with van der Waals surface area (Å²) in [7, 11) is 0. The molecule has 7 nitrogen and oxygen atoms in total. The third-order valence-electron chi connectivity index (χ3n) is 3.41. The van der Waals surface area contributed by atoms with Crippen LogP contribution in [0, 0.1) is 11.3 Å². The molecule has 26 heavy (non-hydrogen) atoms. The van der Waals surface area contributed by atoms with E-state index in [1.54, 1.807) is 6.07 Å². The highest BCUT2D eigenvalue weighted by molar-refractivity contribution is 7.98. The minimum atomic E-state index is -0.762. The van der Waals surface area contributed by atoms with Crippen molar-refractivity contribution >= 4 is 29.4 Å². The molecule has 8 heteroatoms. The normalized spacial score (nSPS) is 11.2. The number of benzene rings is 1. The van der Waals surface area contributed by atoms with Crippen molar-refractivity contribution in [3.63, 3.8) is 0 Å². The minimum absolute atomic E-state index is 0.113. The first-order valence-electron chi connectivity index (χ1n) is 7.89. The van der Waals surface area contributed by atoms with Crippen LogP contribution in [0.3, 0.4) is 0 Å². The van der Waals surface area contributed by atoms with Crippen LogP contribution in [0.25, 0.3) is 0 Å². The maximum atomic E-state index is 12.3. The summed E-state index contributed by atoms with van der Waals surface area (Å²) in [5, 5.41) is 13.8. The van der Waals surface area contributed by atoms with Crippen LogP contribution in [0.2, 0.25) is 0 Å². The van der Waals surface area contributed by atoms with E-state index in [9.17, 15) is 9.59 Å². The molecule has 0 aliphatic rings. The van der Waals surface area contributed by atoms with Gasteiger partial charge in [0, 0.05) is 17.7 Å². The molecule has 2 rings (SSSR count). The fourth-order valence-electron chi connectivity index (χ4n) is 2.08. The highest BCUT2D eigenvalue weighted by Crippen LogP contribution is 2.13. The summed E-state index contributed by atoms with van der Waals surface area (Å²) in [5.74, 6) is 0.574. The first-order chi connectivity index (χ1) is 12.6. The van der Waals surface area contributed by atoms with Gasteiger partial charge in [0.2, 0.25) is 5.91 Å². The number of pyridine rings is 1. The van der Waals surface area contributed by atoms with Gasteiger partial charge in [-0.15, -0.1) is 0 Å². The van der Waals surface area contributed by atoms with Crippen LogP contribution in [0.1, 0.15) is 15.9 Å². The molecule has 134 valence electrons. The van der Waals surface area contributed by atoms with Gasteiger partial charge in [0.25, 0.3) is 5.91 Å². The number of anilines is 1. The lowest BCUT2D eigenvalue weighted by Crippen LogP contribution is -2.48. The molecule has 2 aromatic rings. The molecule has 0 aliphatic heterocycles. The van der Waals surface area contributed by atoms with E-state index in [2.05, 4.69) is 15.6 Å². The molecule has 0 bridgehead atoms. The monoisotopic (exact) mass is 369 g/mol. The van der Waals surface area contributed by atoms with E-state index in [-0.39, 0.29) is 6.54 Å². The van der Waals surface area contributed by atoms with Crippen LogP contribution in [-0.4, -0.2) is 35.1 Å². The zero-order valence-corrected chi connectivity index (χ0v) is 14.8. The van der Waals surface area contributed by atoms with Crippen molar-refractivity contribution in [3.8, 4) is 6.07 Å². The quantitative estimate of drug-likeness (QED) is 0.604. The predicted molar refractivity (Wildman–Crippen MR) is 101 cm³/mol. The second-order valence-electron chi connectivity index (χ2n) is 5.37. The van der Waals surface area contributed by atoms with Crippen LogP contribution in [-0.2, 0) is 10.5 Å². The Morgan fingerprint density at radius 2 is 2.00 bits per heavy atom. The van der Waals surface area contributed by atoms with Crippen LogP contribution < -0.4 is 16.4 Å². The van der Waals surface area contributed by atoms with Crippen molar-refractivity contribution in [2.24, 2.45) is 0 Å². The molecular weight excluding hydrogens is 350 g/mol. The first-order valence-corrected chi connectivity index (χ1v) is 9.04. The number of nitrogens with one attached hydrogen (secondary N) is 2. The first kappa shape index (κ1) is 19.3. The number of hydrogen-bond acceptors (Lipinski definition) is 6. The van der Waals surface area contributed by atoms with E-state index < -0.39 is 17.9 Å². The van der Waals surface area contributed by atoms with Gasteiger partial charge in [-0.1, -0.05) is 30.3 Å². The Morgan fingerprint density at radius 1 is 1.23 bits per heavy atom. The summed E-state index contributed by atoms with van der Waals surface area (Å²) >= 11 is 1.52. The summed E-state index contributed by atoms with van der Waals surface area (Å²) in [6.45, 7) is -0.113. The van der Waals surface area contributed by atoms with E-state index in [4.69, 9.17) is 11.0 Å². The molecule has 0 spiro atoms. The number of nitrogen functional groups attached to an aromatic ring is 1. The lowest BCUT2D eigenvalue weighted by atomic mass is 10.2. The Kier molecular flexibility index (Phi) is 7.46. The molecule has 0 unspecified atom stereocenters. The number of nitriles is 1. The number of aromatic nitrogens is 1. The van der Waals surface area contributed by atoms with Gasteiger partial charge >= 0.3 is 0 Å². The summed E-state index contributed by atoms with van der Waals surface area (Å²) in [4.78, 5) is 28.4. The molecule has 0 fully saturated rings. The number of carbonyl (C=O) groups excluding carboxylic acids is 2. The average molecular weight is 369 g/mol. The molecule has 0 aliphatic carbocycles. The van der Waals surface area contributed by atoms with Crippen molar-refractivity contribution in [1.82, 2.24) is 15.6 Å². The number of hydrogen-bond donors (Lipinski definition) is 3. The second-order valence-corrected chi connectivity index (χ2v) is 6.40. The molecular formula is C18H19N5O2S. The molecule has 4 N–H and O–H groups in total.